The Morgan fingerprint density at radius 2 is 1.06 bits per heavy atom. The summed E-state index contributed by atoms with van der Waals surface area (Å²) in [6.45, 7) is 18.7. The van der Waals surface area contributed by atoms with Crippen molar-refractivity contribution >= 4 is 8.38 Å². The Morgan fingerprint density at radius 1 is 0.722 bits per heavy atom. The van der Waals surface area contributed by atoms with Gasteiger partial charge in [0.15, 0.2) is 8.38 Å². The van der Waals surface area contributed by atoms with Crippen LogP contribution in [0.25, 0.3) is 0 Å². The van der Waals surface area contributed by atoms with E-state index in [1.165, 1.54) is 0 Å². The van der Waals surface area contributed by atoms with E-state index in [4.69, 9.17) is 9.05 Å². The Morgan fingerprint density at radius 3 is 1.33 bits per heavy atom. The third kappa shape index (κ3) is 9.23. The summed E-state index contributed by atoms with van der Waals surface area (Å²) in [6.07, 6.45) is 0. The van der Waals surface area contributed by atoms with Crippen molar-refractivity contribution in [2.75, 3.05) is 59.1 Å². The van der Waals surface area contributed by atoms with Gasteiger partial charge in [0.1, 0.15) is 0 Å². The van der Waals surface area contributed by atoms with Crippen LogP contribution in [0, 0.1) is 0 Å². The van der Waals surface area contributed by atoms with Crippen molar-refractivity contribution < 1.29 is 9.05 Å². The molecule has 0 bridgehead atoms. The second-order valence-corrected chi connectivity index (χ2v) is 5.56. The summed E-state index contributed by atoms with van der Waals surface area (Å²) in [5, 5.41) is 0. The first kappa shape index (κ1) is 18.3. The van der Waals surface area contributed by atoms with Gasteiger partial charge in [-0.25, -0.2) is 0 Å². The Kier molecular flexibility index (Phi) is 12.5. The lowest BCUT2D eigenvalue weighted by atomic mass is 10.5. The minimum atomic E-state index is -0.715. The van der Waals surface area contributed by atoms with Crippen LogP contribution in [-0.4, -0.2) is 68.9 Å². The highest BCUT2D eigenvalue weighted by atomic mass is 31.2. The predicted octanol–water partition coefficient (Wildman–Crippen LogP) is 2.64. The Balaban J connectivity index is 3.50. The van der Waals surface area contributed by atoms with Crippen molar-refractivity contribution in [3.63, 3.8) is 0 Å². The van der Waals surface area contributed by atoms with Gasteiger partial charge in [-0.05, 0) is 26.2 Å². The SMILES string of the molecule is CCN(CC)CCOP(C)OCCN(CC)CC. The van der Waals surface area contributed by atoms with Gasteiger partial charge >= 0.3 is 0 Å². The van der Waals surface area contributed by atoms with Crippen LogP contribution >= 0.6 is 8.38 Å². The van der Waals surface area contributed by atoms with E-state index < -0.39 is 8.38 Å². The summed E-state index contributed by atoms with van der Waals surface area (Å²) in [7, 11) is -0.715. The van der Waals surface area contributed by atoms with Gasteiger partial charge in [0.05, 0.1) is 13.2 Å². The summed E-state index contributed by atoms with van der Waals surface area (Å²) in [5.41, 5.74) is 0. The minimum absolute atomic E-state index is 0.715. The Bertz CT molecular complexity index is 158. The zero-order valence-electron chi connectivity index (χ0n) is 12.8. The van der Waals surface area contributed by atoms with Crippen molar-refractivity contribution in [1.29, 1.82) is 0 Å². The van der Waals surface area contributed by atoms with Gasteiger partial charge in [-0.1, -0.05) is 27.7 Å². The lowest BCUT2D eigenvalue weighted by Gasteiger charge is -2.21. The average Bonchev–Trinajstić information content (AvgIpc) is 2.40. The lowest BCUT2D eigenvalue weighted by Crippen LogP contribution is -2.27. The molecule has 110 valence electrons. The number of hydrogen-bond donors (Lipinski definition) is 0. The van der Waals surface area contributed by atoms with Crippen LogP contribution in [0.2, 0.25) is 0 Å². The molecule has 0 aromatic carbocycles. The van der Waals surface area contributed by atoms with Gasteiger partial charge in [-0.2, -0.15) is 0 Å². The largest absolute Gasteiger partial charge is 0.333 e. The molecule has 0 radical (unpaired) electrons. The number of likely N-dealkylation sites (N-methyl/N-ethyl adjacent to an activating group) is 2. The standard InChI is InChI=1S/C13H31N2O2P/c1-6-14(7-2)10-12-16-18(5)17-13-11-15(8-3)9-4/h6-13H2,1-5H3. The molecule has 0 spiro atoms. The molecule has 0 rings (SSSR count). The third-order valence-corrected chi connectivity index (χ3v) is 4.24. The molecule has 0 aliphatic carbocycles. The molecule has 0 saturated carbocycles. The first-order chi connectivity index (χ1) is 8.67. The summed E-state index contributed by atoms with van der Waals surface area (Å²) in [6, 6.07) is 0. The van der Waals surface area contributed by atoms with E-state index in [2.05, 4.69) is 37.5 Å². The molecule has 0 aliphatic heterocycles. The molecule has 0 fully saturated rings. The average molecular weight is 278 g/mol. The molecule has 5 heteroatoms. The van der Waals surface area contributed by atoms with Crippen molar-refractivity contribution in [1.82, 2.24) is 9.80 Å². The van der Waals surface area contributed by atoms with Crippen LogP contribution in [0.15, 0.2) is 0 Å². The van der Waals surface area contributed by atoms with Crippen LogP contribution in [0.1, 0.15) is 27.7 Å². The zero-order valence-corrected chi connectivity index (χ0v) is 13.7. The summed E-state index contributed by atoms with van der Waals surface area (Å²) >= 11 is 0. The molecule has 0 aromatic heterocycles. The van der Waals surface area contributed by atoms with E-state index >= 15 is 0 Å². The highest BCUT2D eigenvalue weighted by Crippen LogP contribution is 2.32. The normalized spacial score (nSPS) is 12.0. The van der Waals surface area contributed by atoms with E-state index in [-0.39, 0.29) is 0 Å². The molecular formula is C13H31N2O2P. The highest BCUT2D eigenvalue weighted by molar-refractivity contribution is 7.46. The third-order valence-electron chi connectivity index (χ3n) is 3.15. The van der Waals surface area contributed by atoms with Gasteiger partial charge in [-0.15, -0.1) is 0 Å². The molecule has 0 saturated heterocycles. The van der Waals surface area contributed by atoms with E-state index in [1.807, 2.05) is 6.66 Å². The van der Waals surface area contributed by atoms with Crippen molar-refractivity contribution in [3.05, 3.63) is 0 Å². The number of rotatable bonds is 12. The van der Waals surface area contributed by atoms with Gasteiger partial charge in [-0.3, -0.25) is 0 Å². The van der Waals surface area contributed by atoms with Gasteiger partial charge in [0.25, 0.3) is 0 Å². The molecule has 4 nitrogen and oxygen atoms in total. The van der Waals surface area contributed by atoms with E-state index in [1.54, 1.807) is 0 Å². The zero-order chi connectivity index (χ0) is 13.8. The van der Waals surface area contributed by atoms with Crippen LogP contribution in [0.3, 0.4) is 0 Å². The Hall–Kier alpha value is 0.270. The van der Waals surface area contributed by atoms with Gasteiger partial charge < -0.3 is 18.8 Å². The smallest absolute Gasteiger partial charge is 0.167 e. The maximum absolute atomic E-state index is 5.71. The quantitative estimate of drug-likeness (QED) is 0.512. The second kappa shape index (κ2) is 12.3. The molecule has 0 aliphatic rings. The molecule has 18 heavy (non-hydrogen) atoms. The van der Waals surface area contributed by atoms with Crippen LogP contribution in [0.4, 0.5) is 0 Å². The van der Waals surface area contributed by atoms with Crippen LogP contribution < -0.4 is 0 Å². The predicted molar refractivity (Wildman–Crippen MR) is 80.3 cm³/mol. The number of nitrogens with zero attached hydrogens (tertiary/aromatic N) is 2. The molecule has 0 amide bonds. The van der Waals surface area contributed by atoms with E-state index in [0.717, 1.165) is 52.5 Å². The van der Waals surface area contributed by atoms with Crippen molar-refractivity contribution in [3.8, 4) is 0 Å². The van der Waals surface area contributed by atoms with E-state index in [9.17, 15) is 0 Å². The topological polar surface area (TPSA) is 24.9 Å². The maximum Gasteiger partial charge on any atom is 0.167 e. The summed E-state index contributed by atoms with van der Waals surface area (Å²) in [5.74, 6) is 0. The molecule has 0 unspecified atom stereocenters. The maximum atomic E-state index is 5.71. The molecule has 0 aromatic rings. The first-order valence-corrected chi connectivity index (χ1v) is 8.74. The fraction of sp³-hybridized carbons (Fsp3) is 1.00. The monoisotopic (exact) mass is 278 g/mol. The van der Waals surface area contributed by atoms with Gasteiger partial charge in [0, 0.05) is 19.8 Å². The molecular weight excluding hydrogens is 247 g/mol. The van der Waals surface area contributed by atoms with Crippen LogP contribution in [0.5, 0.6) is 0 Å². The minimum Gasteiger partial charge on any atom is -0.333 e. The number of hydrogen-bond acceptors (Lipinski definition) is 4. The summed E-state index contributed by atoms with van der Waals surface area (Å²) < 4.78 is 11.4. The highest BCUT2D eigenvalue weighted by Gasteiger charge is 2.06. The van der Waals surface area contributed by atoms with Crippen LogP contribution in [-0.2, 0) is 9.05 Å². The fourth-order valence-electron chi connectivity index (χ4n) is 1.71. The summed E-state index contributed by atoms with van der Waals surface area (Å²) in [4.78, 5) is 4.72. The van der Waals surface area contributed by atoms with Crippen molar-refractivity contribution in [2.24, 2.45) is 0 Å². The molecule has 0 atom stereocenters. The lowest BCUT2D eigenvalue weighted by molar-refractivity contribution is 0.187. The van der Waals surface area contributed by atoms with Gasteiger partial charge in [0.2, 0.25) is 0 Å². The first-order valence-electron chi connectivity index (χ1n) is 7.12. The van der Waals surface area contributed by atoms with E-state index in [0.29, 0.717) is 0 Å². The molecule has 0 N–H and O–H groups in total. The molecule has 0 heterocycles. The fourth-order valence-corrected chi connectivity index (χ4v) is 2.47. The van der Waals surface area contributed by atoms with Crippen molar-refractivity contribution in [2.45, 2.75) is 27.7 Å². The Labute approximate surface area is 115 Å². The second-order valence-electron chi connectivity index (χ2n) is 4.16.